The number of likely N-dealkylation sites (tertiary alicyclic amines) is 1. The van der Waals surface area contributed by atoms with E-state index < -0.39 is 10.0 Å². The lowest BCUT2D eigenvalue weighted by molar-refractivity contribution is -0.135. The van der Waals surface area contributed by atoms with Gasteiger partial charge in [0.25, 0.3) is 0 Å². The number of nitrogens with zero attached hydrogens (tertiary/aromatic N) is 4. The molecule has 2 rings (SSSR count). The summed E-state index contributed by atoms with van der Waals surface area (Å²) in [4.78, 5) is 19.2. The second-order valence-corrected chi connectivity index (χ2v) is 11.8. The summed E-state index contributed by atoms with van der Waals surface area (Å²) < 4.78 is 38.2. The van der Waals surface area contributed by atoms with Gasteiger partial charge in [-0.1, -0.05) is 0 Å². The molecule has 0 aliphatic carbocycles. The van der Waals surface area contributed by atoms with Gasteiger partial charge in [-0.2, -0.15) is 4.31 Å². The Morgan fingerprint density at radius 3 is 2.37 bits per heavy atom. The summed E-state index contributed by atoms with van der Waals surface area (Å²) in [6.45, 7) is 8.79. The molecule has 0 unspecified atom stereocenters. The molecule has 1 atom stereocenters. The van der Waals surface area contributed by atoms with Gasteiger partial charge >= 0.3 is 0 Å². The Kier molecular flexibility index (Phi) is 11.4. The van der Waals surface area contributed by atoms with Crippen LogP contribution in [0.25, 0.3) is 0 Å². The molecule has 10 heteroatoms. The number of sulfonamides is 1. The van der Waals surface area contributed by atoms with Crippen LogP contribution in [0.1, 0.15) is 24.0 Å². The van der Waals surface area contributed by atoms with E-state index in [1.165, 1.54) is 11.4 Å². The Balaban J connectivity index is 1.74. The van der Waals surface area contributed by atoms with Crippen molar-refractivity contribution in [3.63, 3.8) is 0 Å². The second kappa shape index (κ2) is 13.5. The van der Waals surface area contributed by atoms with Crippen molar-refractivity contribution in [2.75, 3.05) is 87.8 Å². The smallest absolute Gasteiger partial charge is 0.248 e. The van der Waals surface area contributed by atoms with E-state index in [1.807, 2.05) is 7.05 Å². The largest absolute Gasteiger partial charge is 0.497 e. The number of hydrogen-bond donors (Lipinski definition) is 0. The molecule has 1 aliphatic heterocycles. The quantitative estimate of drug-likeness (QED) is 0.351. The van der Waals surface area contributed by atoms with Crippen LogP contribution in [0.4, 0.5) is 0 Å². The van der Waals surface area contributed by atoms with E-state index in [2.05, 4.69) is 23.9 Å². The van der Waals surface area contributed by atoms with Gasteiger partial charge in [-0.15, -0.1) is 0 Å². The zero-order valence-corrected chi connectivity index (χ0v) is 23.4. The lowest BCUT2D eigenvalue weighted by atomic mass is 10.1. The fourth-order valence-corrected chi connectivity index (χ4v) is 6.10. The summed E-state index contributed by atoms with van der Waals surface area (Å²) >= 11 is 0. The van der Waals surface area contributed by atoms with Gasteiger partial charge in [0.05, 0.1) is 18.6 Å². The van der Waals surface area contributed by atoms with Crippen molar-refractivity contribution in [1.29, 1.82) is 0 Å². The Bertz CT molecular complexity index is 915. The minimum absolute atomic E-state index is 0.0513. The SMILES string of the molecule is COc1cc(C)c(S(=O)(=O)N(C)CCOCC(=O)N(C)C[C@H]2CCN(CCCN(C)C)C2)c(C)c1. The van der Waals surface area contributed by atoms with Crippen molar-refractivity contribution in [2.45, 2.75) is 31.6 Å². The average Bonchev–Trinajstić information content (AvgIpc) is 3.22. The molecule has 0 radical (unpaired) electrons. The zero-order chi connectivity index (χ0) is 26.2. The van der Waals surface area contributed by atoms with Crippen LogP contribution in [-0.4, -0.2) is 121 Å². The summed E-state index contributed by atoms with van der Waals surface area (Å²) in [7, 11) is 5.40. The predicted octanol–water partition coefficient (Wildman–Crippen LogP) is 1.68. The minimum Gasteiger partial charge on any atom is -0.497 e. The normalized spacial score (nSPS) is 16.9. The van der Waals surface area contributed by atoms with E-state index in [0.717, 1.165) is 45.6 Å². The number of amides is 1. The molecular formula is C25H44N4O5S. The number of benzene rings is 1. The first-order valence-electron chi connectivity index (χ1n) is 12.3. The van der Waals surface area contributed by atoms with Gasteiger partial charge < -0.3 is 24.2 Å². The van der Waals surface area contributed by atoms with Crippen LogP contribution in [0.5, 0.6) is 5.75 Å². The Morgan fingerprint density at radius 2 is 1.77 bits per heavy atom. The number of likely N-dealkylation sites (N-methyl/N-ethyl adjacent to an activating group) is 2. The molecule has 1 saturated heterocycles. The first-order valence-corrected chi connectivity index (χ1v) is 13.7. The molecule has 1 heterocycles. The molecule has 1 fully saturated rings. The monoisotopic (exact) mass is 512 g/mol. The van der Waals surface area contributed by atoms with Gasteiger partial charge in [-0.05, 0) is 89.6 Å². The number of methoxy groups -OCH3 is 1. The van der Waals surface area contributed by atoms with Crippen molar-refractivity contribution in [3.05, 3.63) is 23.3 Å². The summed E-state index contributed by atoms with van der Waals surface area (Å²) in [6.07, 6.45) is 2.26. The maximum Gasteiger partial charge on any atom is 0.248 e. The Morgan fingerprint density at radius 1 is 1.11 bits per heavy atom. The Labute approximate surface area is 212 Å². The third kappa shape index (κ3) is 8.71. The molecule has 1 aromatic carbocycles. The van der Waals surface area contributed by atoms with E-state index in [-0.39, 0.29) is 30.6 Å². The molecule has 0 N–H and O–H groups in total. The van der Waals surface area contributed by atoms with Crippen LogP contribution in [-0.2, 0) is 19.6 Å². The average molecular weight is 513 g/mol. The first kappa shape index (κ1) is 29.5. The summed E-state index contributed by atoms with van der Waals surface area (Å²) in [6, 6.07) is 3.43. The summed E-state index contributed by atoms with van der Waals surface area (Å²) in [5.41, 5.74) is 1.27. The van der Waals surface area contributed by atoms with Crippen molar-refractivity contribution in [3.8, 4) is 5.75 Å². The van der Waals surface area contributed by atoms with Gasteiger partial charge in [-0.3, -0.25) is 4.79 Å². The van der Waals surface area contributed by atoms with E-state index in [4.69, 9.17) is 9.47 Å². The van der Waals surface area contributed by atoms with Crippen LogP contribution < -0.4 is 4.74 Å². The number of carbonyl (C=O) groups is 1. The number of aryl methyl sites for hydroxylation is 2. The highest BCUT2D eigenvalue weighted by Gasteiger charge is 2.26. The van der Waals surface area contributed by atoms with Crippen molar-refractivity contribution < 1.29 is 22.7 Å². The van der Waals surface area contributed by atoms with Crippen LogP contribution >= 0.6 is 0 Å². The van der Waals surface area contributed by atoms with E-state index >= 15 is 0 Å². The first-order chi connectivity index (χ1) is 16.4. The molecular weight excluding hydrogens is 468 g/mol. The highest BCUT2D eigenvalue weighted by molar-refractivity contribution is 7.89. The molecule has 9 nitrogen and oxygen atoms in total. The minimum atomic E-state index is -3.68. The van der Waals surface area contributed by atoms with E-state index in [9.17, 15) is 13.2 Å². The lowest BCUT2D eigenvalue weighted by Gasteiger charge is -2.23. The third-order valence-corrected chi connectivity index (χ3v) is 8.68. The van der Waals surface area contributed by atoms with Gasteiger partial charge in [0.15, 0.2) is 0 Å². The standard InChI is InChI=1S/C25H44N4O5S/c1-20-15-23(33-7)16-21(2)25(20)35(31,32)28(6)13-14-34-19-24(30)27(5)17-22-9-12-29(18-22)11-8-10-26(3)4/h15-16,22H,8-14,17-19H2,1-7H3/t22-/m1/s1. The summed E-state index contributed by atoms with van der Waals surface area (Å²) in [5, 5.41) is 0. The number of hydrogen-bond acceptors (Lipinski definition) is 7. The molecule has 1 aliphatic rings. The maximum atomic E-state index is 13.1. The van der Waals surface area contributed by atoms with E-state index in [1.54, 1.807) is 38.0 Å². The third-order valence-electron chi connectivity index (χ3n) is 6.52. The Hall–Kier alpha value is -1.72. The fraction of sp³-hybridized carbons (Fsp3) is 0.720. The second-order valence-electron chi connectivity index (χ2n) is 9.86. The van der Waals surface area contributed by atoms with Crippen molar-refractivity contribution >= 4 is 15.9 Å². The molecule has 0 spiro atoms. The predicted molar refractivity (Wildman–Crippen MR) is 138 cm³/mol. The lowest BCUT2D eigenvalue weighted by Crippen LogP contribution is -2.36. The molecule has 200 valence electrons. The van der Waals surface area contributed by atoms with Crippen LogP contribution in [0, 0.1) is 19.8 Å². The topological polar surface area (TPSA) is 82.6 Å². The summed E-state index contributed by atoms with van der Waals surface area (Å²) in [5.74, 6) is 1.03. The highest BCUT2D eigenvalue weighted by Crippen LogP contribution is 2.27. The fourth-order valence-electron chi connectivity index (χ4n) is 4.54. The van der Waals surface area contributed by atoms with Crippen molar-refractivity contribution in [1.82, 2.24) is 19.0 Å². The molecule has 1 amide bonds. The highest BCUT2D eigenvalue weighted by atomic mass is 32.2. The maximum absolute atomic E-state index is 13.1. The van der Waals surface area contributed by atoms with Gasteiger partial charge in [0.2, 0.25) is 15.9 Å². The zero-order valence-electron chi connectivity index (χ0n) is 22.5. The van der Waals surface area contributed by atoms with Crippen LogP contribution in [0.3, 0.4) is 0 Å². The number of carbonyl (C=O) groups excluding carboxylic acids is 1. The molecule has 0 bridgehead atoms. The molecule has 0 saturated carbocycles. The van der Waals surface area contributed by atoms with Crippen LogP contribution in [0.15, 0.2) is 17.0 Å². The molecule has 1 aromatic rings. The molecule has 0 aromatic heterocycles. The van der Waals surface area contributed by atoms with Gasteiger partial charge in [0, 0.05) is 33.7 Å². The van der Waals surface area contributed by atoms with Gasteiger partial charge in [0.1, 0.15) is 12.4 Å². The van der Waals surface area contributed by atoms with Crippen LogP contribution in [0.2, 0.25) is 0 Å². The molecule has 35 heavy (non-hydrogen) atoms. The number of rotatable bonds is 14. The number of ether oxygens (including phenoxy) is 2. The van der Waals surface area contributed by atoms with Crippen molar-refractivity contribution in [2.24, 2.45) is 5.92 Å². The van der Waals surface area contributed by atoms with E-state index in [0.29, 0.717) is 22.8 Å². The van der Waals surface area contributed by atoms with Gasteiger partial charge in [-0.25, -0.2) is 8.42 Å².